The van der Waals surface area contributed by atoms with Crippen LogP contribution in [0.15, 0.2) is 16.9 Å². The number of aliphatic hydroxyl groups is 1. The van der Waals surface area contributed by atoms with Gasteiger partial charge in [-0.3, -0.25) is 5.01 Å². The number of rotatable bonds is 16. The standard InChI is InChI=1S/C25H50N2O/c1-10-19-24(8,14-5)25(28,15-6)21-27(26-9)22(11-2)18-16-17-20-23(7,12-3)13-4/h11,28H,9-10,12-21H2,1-8H3/b22-11-/t24?,25-/m1/s1. The molecular formula is C25H50N2O. The lowest BCUT2D eigenvalue weighted by molar-refractivity contribution is -0.101. The molecule has 1 N–H and O–H groups in total. The summed E-state index contributed by atoms with van der Waals surface area (Å²) >= 11 is 0. The number of hydrazone groups is 1. The van der Waals surface area contributed by atoms with Crippen molar-refractivity contribution in [2.24, 2.45) is 15.9 Å². The maximum atomic E-state index is 11.6. The molecule has 166 valence electrons. The first-order valence-electron chi connectivity index (χ1n) is 11.8. The van der Waals surface area contributed by atoms with E-state index in [1.807, 2.05) is 5.01 Å². The molecule has 3 heteroatoms. The van der Waals surface area contributed by atoms with Gasteiger partial charge in [-0.05, 0) is 56.3 Å². The molecule has 0 aliphatic rings. The Balaban J connectivity index is 5.12. The summed E-state index contributed by atoms with van der Waals surface area (Å²) in [6.45, 7) is 22.1. The predicted octanol–water partition coefficient (Wildman–Crippen LogP) is 7.55. The highest BCUT2D eigenvalue weighted by Crippen LogP contribution is 2.42. The summed E-state index contributed by atoms with van der Waals surface area (Å²) in [6.07, 6.45) is 13.1. The molecule has 0 heterocycles. The van der Waals surface area contributed by atoms with Crippen LogP contribution in [0.25, 0.3) is 0 Å². The summed E-state index contributed by atoms with van der Waals surface area (Å²) in [7, 11) is 0. The molecule has 0 spiro atoms. The normalized spacial score (nSPS) is 17.1. The second kappa shape index (κ2) is 12.7. The van der Waals surface area contributed by atoms with Crippen molar-refractivity contribution in [3.05, 3.63) is 11.8 Å². The third-order valence-electron chi connectivity index (χ3n) is 7.71. The van der Waals surface area contributed by atoms with Crippen LogP contribution in [0.1, 0.15) is 120 Å². The zero-order valence-corrected chi connectivity index (χ0v) is 20.4. The van der Waals surface area contributed by atoms with Gasteiger partial charge in [-0.25, -0.2) is 0 Å². The van der Waals surface area contributed by atoms with Crippen molar-refractivity contribution in [1.29, 1.82) is 0 Å². The highest BCUT2D eigenvalue weighted by Gasteiger charge is 2.45. The van der Waals surface area contributed by atoms with Gasteiger partial charge < -0.3 is 5.11 Å². The van der Waals surface area contributed by atoms with Gasteiger partial charge in [0.1, 0.15) is 0 Å². The van der Waals surface area contributed by atoms with E-state index >= 15 is 0 Å². The molecule has 28 heavy (non-hydrogen) atoms. The Morgan fingerprint density at radius 1 is 0.964 bits per heavy atom. The second-order valence-electron chi connectivity index (χ2n) is 9.25. The molecule has 0 fully saturated rings. The lowest BCUT2D eigenvalue weighted by Gasteiger charge is -2.46. The molecule has 0 aromatic rings. The van der Waals surface area contributed by atoms with E-state index in [-0.39, 0.29) is 5.41 Å². The Hall–Kier alpha value is -0.830. The molecule has 2 atom stereocenters. The topological polar surface area (TPSA) is 35.8 Å². The van der Waals surface area contributed by atoms with Crippen LogP contribution in [0.2, 0.25) is 0 Å². The molecule has 3 nitrogen and oxygen atoms in total. The van der Waals surface area contributed by atoms with E-state index in [9.17, 15) is 5.11 Å². The van der Waals surface area contributed by atoms with Crippen molar-refractivity contribution in [3.8, 4) is 0 Å². The van der Waals surface area contributed by atoms with Gasteiger partial charge in [0.15, 0.2) is 0 Å². The third-order valence-corrected chi connectivity index (χ3v) is 7.71. The first-order chi connectivity index (χ1) is 13.1. The van der Waals surface area contributed by atoms with Crippen LogP contribution >= 0.6 is 0 Å². The smallest absolute Gasteiger partial charge is 0.0893 e. The molecule has 0 rings (SSSR count). The Kier molecular flexibility index (Phi) is 12.3. The fourth-order valence-electron chi connectivity index (χ4n) is 4.39. The van der Waals surface area contributed by atoms with Gasteiger partial charge in [0.05, 0.1) is 12.1 Å². The van der Waals surface area contributed by atoms with Gasteiger partial charge in [0, 0.05) is 12.4 Å². The summed E-state index contributed by atoms with van der Waals surface area (Å²) in [4.78, 5) is 0. The Morgan fingerprint density at radius 3 is 1.96 bits per heavy atom. The average Bonchev–Trinajstić information content (AvgIpc) is 2.71. The summed E-state index contributed by atoms with van der Waals surface area (Å²) in [5.41, 5.74) is 0.780. The third kappa shape index (κ3) is 7.21. The average molecular weight is 395 g/mol. The molecule has 0 amide bonds. The SMILES string of the molecule is C=NN(C[C@](O)(CC)C(C)(CC)CCC)/C(=C\C)CCCCC(C)(CC)CC. The second-order valence-corrected chi connectivity index (χ2v) is 9.25. The quantitative estimate of drug-likeness (QED) is 0.167. The van der Waals surface area contributed by atoms with Crippen molar-refractivity contribution < 1.29 is 5.11 Å². The van der Waals surface area contributed by atoms with E-state index in [0.29, 0.717) is 12.0 Å². The van der Waals surface area contributed by atoms with Crippen LogP contribution < -0.4 is 0 Å². The number of hydrogen-bond donors (Lipinski definition) is 1. The van der Waals surface area contributed by atoms with Gasteiger partial charge in [0.25, 0.3) is 0 Å². The van der Waals surface area contributed by atoms with E-state index in [2.05, 4.69) is 73.3 Å². The fraction of sp³-hybridized carbons (Fsp3) is 0.880. The Morgan fingerprint density at radius 2 is 1.57 bits per heavy atom. The number of hydrogen-bond acceptors (Lipinski definition) is 3. The van der Waals surface area contributed by atoms with Crippen LogP contribution in [0.4, 0.5) is 0 Å². The highest BCUT2D eigenvalue weighted by atomic mass is 16.3. The summed E-state index contributed by atoms with van der Waals surface area (Å²) in [5.74, 6) is 0. The van der Waals surface area contributed by atoms with Crippen molar-refractivity contribution >= 4 is 6.72 Å². The largest absolute Gasteiger partial charge is 0.387 e. The molecule has 0 aliphatic carbocycles. The van der Waals surface area contributed by atoms with Gasteiger partial charge in [-0.2, -0.15) is 5.10 Å². The first kappa shape index (κ1) is 27.2. The maximum absolute atomic E-state index is 11.6. The molecule has 0 saturated heterocycles. The minimum atomic E-state index is -0.768. The minimum absolute atomic E-state index is 0.109. The minimum Gasteiger partial charge on any atom is -0.387 e. The number of unbranched alkanes of at least 4 members (excludes halogenated alkanes) is 1. The van der Waals surface area contributed by atoms with Crippen molar-refractivity contribution in [3.63, 3.8) is 0 Å². The first-order valence-corrected chi connectivity index (χ1v) is 11.8. The number of nitrogens with zero attached hydrogens (tertiary/aromatic N) is 2. The molecule has 0 radical (unpaired) electrons. The molecule has 0 aromatic heterocycles. The Bertz CT molecular complexity index is 469. The van der Waals surface area contributed by atoms with Gasteiger partial charge in [-0.1, -0.05) is 80.2 Å². The lowest BCUT2D eigenvalue weighted by Crippen LogP contribution is -2.52. The summed E-state index contributed by atoms with van der Waals surface area (Å²) < 4.78 is 0. The van der Waals surface area contributed by atoms with Crippen LogP contribution in [-0.2, 0) is 0 Å². The monoisotopic (exact) mass is 394 g/mol. The van der Waals surface area contributed by atoms with Crippen LogP contribution in [0, 0.1) is 10.8 Å². The van der Waals surface area contributed by atoms with Gasteiger partial charge in [-0.15, -0.1) is 0 Å². The molecule has 0 saturated carbocycles. The van der Waals surface area contributed by atoms with Crippen molar-refractivity contribution in [2.75, 3.05) is 6.54 Å². The van der Waals surface area contributed by atoms with Crippen molar-refractivity contribution in [1.82, 2.24) is 5.01 Å². The number of allylic oxidation sites excluding steroid dienone is 2. The van der Waals surface area contributed by atoms with E-state index in [1.54, 1.807) is 0 Å². The molecule has 1 unspecified atom stereocenters. The highest BCUT2D eigenvalue weighted by molar-refractivity contribution is 5.24. The van der Waals surface area contributed by atoms with Crippen molar-refractivity contribution in [2.45, 2.75) is 125 Å². The lowest BCUT2D eigenvalue weighted by atomic mass is 9.67. The molecule has 0 aliphatic heterocycles. The molecule has 0 bridgehead atoms. The van der Waals surface area contributed by atoms with Gasteiger partial charge >= 0.3 is 0 Å². The zero-order valence-electron chi connectivity index (χ0n) is 20.4. The fourth-order valence-corrected chi connectivity index (χ4v) is 4.39. The van der Waals surface area contributed by atoms with Crippen LogP contribution in [0.5, 0.6) is 0 Å². The zero-order chi connectivity index (χ0) is 21.8. The van der Waals surface area contributed by atoms with Crippen LogP contribution in [0.3, 0.4) is 0 Å². The predicted molar refractivity (Wildman–Crippen MR) is 126 cm³/mol. The van der Waals surface area contributed by atoms with E-state index in [4.69, 9.17) is 0 Å². The summed E-state index contributed by atoms with van der Waals surface area (Å²) in [5, 5.41) is 17.9. The summed E-state index contributed by atoms with van der Waals surface area (Å²) in [6, 6.07) is 0. The molecule has 0 aromatic carbocycles. The van der Waals surface area contributed by atoms with Crippen LogP contribution in [-0.4, -0.2) is 29.0 Å². The maximum Gasteiger partial charge on any atom is 0.0893 e. The van der Waals surface area contributed by atoms with Gasteiger partial charge in [0.2, 0.25) is 0 Å². The van der Waals surface area contributed by atoms with E-state index in [0.717, 1.165) is 38.5 Å². The Labute approximate surface area is 176 Å². The van der Waals surface area contributed by atoms with E-state index in [1.165, 1.54) is 31.4 Å². The van der Waals surface area contributed by atoms with E-state index < -0.39 is 5.60 Å². The molecular weight excluding hydrogens is 344 g/mol.